The van der Waals surface area contributed by atoms with E-state index in [1.165, 1.54) is 18.9 Å². The standard InChI is InChI=1S/C26H39F2N3O2/c1-4-25(32)31-14-8-12-29(19(2)3)11-7-13-30(26(33)15-20-9-5-6-10-20)18-21-16-22(27)23(28)17-24(21)31/h16-17,19-20H,4-15,18H2,1-3H3. The van der Waals surface area contributed by atoms with Crippen LogP contribution in [0.2, 0.25) is 0 Å². The van der Waals surface area contributed by atoms with E-state index >= 15 is 0 Å². The van der Waals surface area contributed by atoms with Crippen molar-refractivity contribution in [3.05, 3.63) is 29.3 Å². The molecule has 1 aromatic carbocycles. The third-order valence-electron chi connectivity index (χ3n) is 7.10. The predicted molar refractivity (Wildman–Crippen MR) is 127 cm³/mol. The summed E-state index contributed by atoms with van der Waals surface area (Å²) in [5.74, 6) is -1.56. The van der Waals surface area contributed by atoms with E-state index in [-0.39, 0.29) is 24.8 Å². The van der Waals surface area contributed by atoms with Gasteiger partial charge in [0.15, 0.2) is 11.6 Å². The molecule has 1 fully saturated rings. The molecule has 7 heteroatoms. The summed E-state index contributed by atoms with van der Waals surface area (Å²) in [7, 11) is 0. The van der Waals surface area contributed by atoms with Crippen molar-refractivity contribution >= 4 is 17.5 Å². The second-order valence-electron chi connectivity index (χ2n) is 9.80. The van der Waals surface area contributed by atoms with Crippen molar-refractivity contribution in [2.75, 3.05) is 31.1 Å². The number of amides is 2. The van der Waals surface area contributed by atoms with Gasteiger partial charge in [0, 0.05) is 57.7 Å². The number of carbonyl (C=O) groups excluding carboxylic acids is 2. The van der Waals surface area contributed by atoms with Crippen molar-refractivity contribution in [3.63, 3.8) is 0 Å². The van der Waals surface area contributed by atoms with Crippen LogP contribution in [0.15, 0.2) is 12.1 Å². The Balaban J connectivity index is 1.95. The Labute approximate surface area is 197 Å². The van der Waals surface area contributed by atoms with Gasteiger partial charge >= 0.3 is 0 Å². The van der Waals surface area contributed by atoms with Crippen LogP contribution in [0.4, 0.5) is 14.5 Å². The summed E-state index contributed by atoms with van der Waals surface area (Å²) >= 11 is 0. The minimum absolute atomic E-state index is 0.0686. The Morgan fingerprint density at radius 2 is 1.58 bits per heavy atom. The van der Waals surface area contributed by atoms with Gasteiger partial charge in [-0.2, -0.15) is 0 Å². The van der Waals surface area contributed by atoms with E-state index < -0.39 is 11.6 Å². The molecule has 1 aliphatic heterocycles. The van der Waals surface area contributed by atoms with Gasteiger partial charge in [-0.3, -0.25) is 9.59 Å². The number of nitrogens with zero attached hydrogens (tertiary/aromatic N) is 3. The average molecular weight is 464 g/mol. The van der Waals surface area contributed by atoms with E-state index in [9.17, 15) is 18.4 Å². The maximum Gasteiger partial charge on any atom is 0.226 e. The molecular formula is C26H39F2N3O2. The fourth-order valence-electron chi connectivity index (χ4n) is 5.14. The normalized spacial score (nSPS) is 19.3. The predicted octanol–water partition coefficient (Wildman–Crippen LogP) is 5.12. The molecule has 1 saturated carbocycles. The quantitative estimate of drug-likeness (QED) is 0.623. The van der Waals surface area contributed by atoms with Crippen LogP contribution >= 0.6 is 0 Å². The number of hydrogen-bond acceptors (Lipinski definition) is 3. The highest BCUT2D eigenvalue weighted by atomic mass is 19.2. The molecule has 0 unspecified atom stereocenters. The lowest BCUT2D eigenvalue weighted by atomic mass is 10.0. The molecule has 1 aromatic rings. The lowest BCUT2D eigenvalue weighted by molar-refractivity contribution is -0.133. The summed E-state index contributed by atoms with van der Waals surface area (Å²) in [6.07, 6.45) is 6.84. The van der Waals surface area contributed by atoms with Crippen LogP contribution in [-0.2, 0) is 16.1 Å². The van der Waals surface area contributed by atoms with Gasteiger partial charge in [0.25, 0.3) is 0 Å². The smallest absolute Gasteiger partial charge is 0.226 e. The summed E-state index contributed by atoms with van der Waals surface area (Å²) in [6.45, 7) is 8.92. The number of carbonyl (C=O) groups is 2. The van der Waals surface area contributed by atoms with E-state index in [0.29, 0.717) is 42.7 Å². The molecule has 0 saturated heterocycles. The van der Waals surface area contributed by atoms with E-state index in [1.807, 2.05) is 0 Å². The maximum absolute atomic E-state index is 14.3. The van der Waals surface area contributed by atoms with Crippen molar-refractivity contribution < 1.29 is 18.4 Å². The van der Waals surface area contributed by atoms with Crippen molar-refractivity contribution in [1.82, 2.24) is 9.80 Å². The van der Waals surface area contributed by atoms with Crippen LogP contribution in [0.25, 0.3) is 0 Å². The first-order valence-electron chi connectivity index (χ1n) is 12.6. The van der Waals surface area contributed by atoms with Crippen molar-refractivity contribution in [2.45, 2.75) is 84.7 Å². The van der Waals surface area contributed by atoms with Gasteiger partial charge in [-0.25, -0.2) is 8.78 Å². The molecule has 0 spiro atoms. The second kappa shape index (κ2) is 11.9. The molecule has 5 nitrogen and oxygen atoms in total. The molecule has 0 aromatic heterocycles. The molecule has 2 amide bonds. The molecule has 1 heterocycles. The van der Waals surface area contributed by atoms with Gasteiger partial charge in [0.2, 0.25) is 11.8 Å². The third kappa shape index (κ3) is 6.75. The highest BCUT2D eigenvalue weighted by Gasteiger charge is 2.26. The largest absolute Gasteiger partial charge is 0.338 e. The highest BCUT2D eigenvalue weighted by molar-refractivity contribution is 5.94. The number of fused-ring (bicyclic) bond motifs is 1. The van der Waals surface area contributed by atoms with Gasteiger partial charge < -0.3 is 14.7 Å². The summed E-state index contributed by atoms with van der Waals surface area (Å²) in [6, 6.07) is 2.65. The topological polar surface area (TPSA) is 43.9 Å². The first-order valence-corrected chi connectivity index (χ1v) is 12.6. The molecule has 0 atom stereocenters. The van der Waals surface area contributed by atoms with Crippen LogP contribution in [-0.4, -0.2) is 53.8 Å². The Morgan fingerprint density at radius 3 is 2.21 bits per heavy atom. The van der Waals surface area contributed by atoms with Crippen molar-refractivity contribution in [1.29, 1.82) is 0 Å². The first-order chi connectivity index (χ1) is 15.8. The summed E-state index contributed by atoms with van der Waals surface area (Å²) in [5, 5.41) is 0. The maximum atomic E-state index is 14.3. The lowest BCUT2D eigenvalue weighted by Gasteiger charge is -2.33. The summed E-state index contributed by atoms with van der Waals surface area (Å²) in [5.41, 5.74) is 0.882. The first kappa shape index (κ1) is 25.6. The molecule has 2 aliphatic rings. The van der Waals surface area contributed by atoms with E-state index in [2.05, 4.69) is 18.7 Å². The fourth-order valence-corrected chi connectivity index (χ4v) is 5.14. The number of hydrogen-bond donors (Lipinski definition) is 0. The minimum Gasteiger partial charge on any atom is -0.338 e. The van der Waals surface area contributed by atoms with Gasteiger partial charge in [-0.05, 0) is 57.1 Å². The van der Waals surface area contributed by atoms with Gasteiger partial charge in [0.05, 0.1) is 5.69 Å². The number of benzene rings is 1. The molecule has 184 valence electrons. The highest BCUT2D eigenvalue weighted by Crippen LogP contribution is 2.30. The van der Waals surface area contributed by atoms with Gasteiger partial charge in [0.1, 0.15) is 0 Å². The van der Waals surface area contributed by atoms with Crippen LogP contribution in [0.1, 0.15) is 77.7 Å². The van der Waals surface area contributed by atoms with Crippen LogP contribution in [0, 0.1) is 17.6 Å². The fraction of sp³-hybridized carbons (Fsp3) is 0.692. The molecule has 33 heavy (non-hydrogen) atoms. The van der Waals surface area contributed by atoms with E-state index in [0.717, 1.165) is 44.8 Å². The Hall–Kier alpha value is -2.02. The number of rotatable bonds is 4. The number of halogens is 2. The molecule has 1 aliphatic carbocycles. The van der Waals surface area contributed by atoms with Crippen LogP contribution < -0.4 is 4.90 Å². The Morgan fingerprint density at radius 1 is 0.939 bits per heavy atom. The summed E-state index contributed by atoms with van der Waals surface area (Å²) < 4.78 is 28.6. The van der Waals surface area contributed by atoms with Crippen molar-refractivity contribution in [3.8, 4) is 0 Å². The van der Waals surface area contributed by atoms with E-state index in [4.69, 9.17) is 0 Å². The SMILES string of the molecule is CCC(=O)N1CCCN(C(C)C)CCCN(C(=O)CC2CCCC2)Cc2cc(F)c(F)cc21. The zero-order valence-corrected chi connectivity index (χ0v) is 20.4. The number of anilines is 1. The molecule has 0 N–H and O–H groups in total. The average Bonchev–Trinajstić information content (AvgIpc) is 3.28. The molecule has 3 rings (SSSR count). The Bertz CT molecular complexity index is 824. The zero-order chi connectivity index (χ0) is 24.0. The second-order valence-corrected chi connectivity index (χ2v) is 9.80. The molecule has 0 bridgehead atoms. The minimum atomic E-state index is -0.970. The van der Waals surface area contributed by atoms with Gasteiger partial charge in [-0.15, -0.1) is 0 Å². The molecule has 0 radical (unpaired) electrons. The van der Waals surface area contributed by atoms with Gasteiger partial charge in [-0.1, -0.05) is 19.8 Å². The summed E-state index contributed by atoms with van der Waals surface area (Å²) in [4.78, 5) is 31.8. The zero-order valence-electron chi connectivity index (χ0n) is 20.4. The van der Waals surface area contributed by atoms with Crippen LogP contribution in [0.3, 0.4) is 0 Å². The monoisotopic (exact) mass is 463 g/mol. The van der Waals surface area contributed by atoms with Crippen LogP contribution in [0.5, 0.6) is 0 Å². The third-order valence-corrected chi connectivity index (χ3v) is 7.10. The lowest BCUT2D eigenvalue weighted by Crippen LogP contribution is -2.40. The molecular weight excluding hydrogens is 424 g/mol. The van der Waals surface area contributed by atoms with Crippen molar-refractivity contribution in [2.24, 2.45) is 5.92 Å². The Kier molecular flexibility index (Phi) is 9.24. The van der Waals surface area contributed by atoms with E-state index in [1.54, 1.807) is 16.7 Å².